The molecule has 0 radical (unpaired) electrons. The quantitative estimate of drug-likeness (QED) is 0.790. The molecule has 122 valence electrons. The fourth-order valence-electron chi connectivity index (χ4n) is 1.69. The summed E-state index contributed by atoms with van der Waals surface area (Å²) in [7, 11) is -2.80. The van der Waals surface area contributed by atoms with E-state index in [2.05, 4.69) is 10.1 Å². The molecule has 1 unspecified atom stereocenters. The van der Waals surface area contributed by atoms with E-state index in [1.165, 1.54) is 19.2 Å². The van der Waals surface area contributed by atoms with Crippen LogP contribution in [-0.4, -0.2) is 33.6 Å². The van der Waals surface area contributed by atoms with Crippen LogP contribution in [0.5, 0.6) is 0 Å². The largest absolute Gasteiger partial charge is 0.467 e. The number of carbonyl (C=O) groups is 2. The molecule has 22 heavy (non-hydrogen) atoms. The highest BCUT2D eigenvalue weighted by Crippen LogP contribution is 2.10. The molecule has 0 heterocycles. The molecule has 1 aromatic carbocycles. The van der Waals surface area contributed by atoms with Crippen molar-refractivity contribution in [3.05, 3.63) is 29.8 Å². The number of ether oxygens (including phenoxy) is 1. The fourth-order valence-corrected chi connectivity index (χ4v) is 2.61. The van der Waals surface area contributed by atoms with Crippen molar-refractivity contribution in [1.29, 1.82) is 0 Å². The normalized spacial score (nSPS) is 12.6. The Labute approximate surface area is 130 Å². The summed E-state index contributed by atoms with van der Waals surface area (Å²) in [5.41, 5.74) is 0.897. The van der Waals surface area contributed by atoms with Gasteiger partial charge in [0.05, 0.1) is 12.0 Å². The number of benzene rings is 1. The van der Waals surface area contributed by atoms with Gasteiger partial charge < -0.3 is 10.1 Å². The Morgan fingerprint density at radius 2 is 1.68 bits per heavy atom. The summed E-state index contributed by atoms with van der Waals surface area (Å²) in [5.74, 6) is -0.891. The summed E-state index contributed by atoms with van der Waals surface area (Å²) in [6, 6.07) is 4.12. The number of aryl methyl sites for hydroxylation is 1. The van der Waals surface area contributed by atoms with Gasteiger partial charge in [-0.3, -0.25) is 0 Å². The molecule has 8 heteroatoms. The van der Waals surface area contributed by atoms with Crippen molar-refractivity contribution in [1.82, 2.24) is 10.0 Å². The molecular weight excluding hydrogens is 308 g/mol. The first kappa shape index (κ1) is 18.0. The highest BCUT2D eigenvalue weighted by atomic mass is 32.2. The molecule has 0 spiro atoms. The Kier molecular flexibility index (Phi) is 5.92. The van der Waals surface area contributed by atoms with Gasteiger partial charge >= 0.3 is 12.0 Å². The van der Waals surface area contributed by atoms with E-state index >= 15 is 0 Å². The summed E-state index contributed by atoms with van der Waals surface area (Å²) in [6.07, 6.45) is 0. The first-order valence-electron chi connectivity index (χ1n) is 6.65. The van der Waals surface area contributed by atoms with Gasteiger partial charge in [-0.15, -0.1) is 0 Å². The van der Waals surface area contributed by atoms with Crippen LogP contribution in [0.1, 0.15) is 19.4 Å². The Balaban J connectivity index is 2.82. The molecule has 1 aromatic rings. The van der Waals surface area contributed by atoms with Crippen LogP contribution in [0.25, 0.3) is 0 Å². The molecule has 7 nitrogen and oxygen atoms in total. The second-order valence-corrected chi connectivity index (χ2v) is 6.82. The minimum Gasteiger partial charge on any atom is -0.467 e. The number of amides is 2. The van der Waals surface area contributed by atoms with Crippen LogP contribution in [0.4, 0.5) is 4.79 Å². The van der Waals surface area contributed by atoms with Gasteiger partial charge in [-0.25, -0.2) is 22.7 Å². The Bertz CT molecular complexity index is 638. The van der Waals surface area contributed by atoms with Crippen molar-refractivity contribution in [2.45, 2.75) is 31.7 Å². The molecule has 0 saturated carbocycles. The van der Waals surface area contributed by atoms with Gasteiger partial charge in [0.15, 0.2) is 0 Å². The third-order valence-corrected chi connectivity index (χ3v) is 4.31. The van der Waals surface area contributed by atoms with Gasteiger partial charge in [0.1, 0.15) is 6.04 Å². The second kappa shape index (κ2) is 7.26. The van der Waals surface area contributed by atoms with E-state index in [0.29, 0.717) is 0 Å². The standard InChI is InChI=1S/C14H20N2O5S/c1-9(2)12(13(17)21-4)15-14(18)16-22(19,20)11-7-5-10(3)6-8-11/h5-9,12H,1-4H3,(H2,15,16,18). The average molecular weight is 328 g/mol. The predicted molar refractivity (Wildman–Crippen MR) is 80.7 cm³/mol. The zero-order valence-electron chi connectivity index (χ0n) is 12.9. The van der Waals surface area contributed by atoms with E-state index in [4.69, 9.17) is 0 Å². The lowest BCUT2D eigenvalue weighted by Crippen LogP contribution is -2.50. The van der Waals surface area contributed by atoms with Crippen LogP contribution < -0.4 is 10.0 Å². The number of esters is 1. The number of urea groups is 1. The number of rotatable bonds is 5. The van der Waals surface area contributed by atoms with Gasteiger partial charge in [0, 0.05) is 0 Å². The average Bonchev–Trinajstić information content (AvgIpc) is 2.43. The molecule has 0 fully saturated rings. The molecule has 0 aromatic heterocycles. The Morgan fingerprint density at radius 3 is 2.14 bits per heavy atom. The summed E-state index contributed by atoms with van der Waals surface area (Å²) >= 11 is 0. The molecule has 0 aliphatic rings. The highest BCUT2D eigenvalue weighted by Gasteiger charge is 2.27. The third-order valence-electron chi connectivity index (χ3n) is 2.97. The molecule has 2 N–H and O–H groups in total. The Hall–Kier alpha value is -2.09. The van der Waals surface area contributed by atoms with Crippen molar-refractivity contribution in [2.75, 3.05) is 7.11 Å². The van der Waals surface area contributed by atoms with E-state index < -0.39 is 28.1 Å². The monoisotopic (exact) mass is 328 g/mol. The number of hydrogen-bond donors (Lipinski definition) is 2. The number of carbonyl (C=O) groups excluding carboxylic acids is 2. The maximum Gasteiger partial charge on any atom is 0.329 e. The summed E-state index contributed by atoms with van der Waals surface area (Å²) in [6.45, 7) is 5.23. The van der Waals surface area contributed by atoms with Crippen LogP contribution in [0, 0.1) is 12.8 Å². The zero-order chi connectivity index (χ0) is 16.9. The molecule has 1 rings (SSSR count). The predicted octanol–water partition coefficient (Wildman–Crippen LogP) is 1.18. The molecular formula is C14H20N2O5S. The maximum absolute atomic E-state index is 12.1. The van der Waals surface area contributed by atoms with Crippen LogP contribution in [0.3, 0.4) is 0 Å². The van der Waals surface area contributed by atoms with E-state index in [9.17, 15) is 18.0 Å². The van der Waals surface area contributed by atoms with Crippen molar-refractivity contribution >= 4 is 22.0 Å². The first-order chi connectivity index (χ1) is 10.2. The lowest BCUT2D eigenvalue weighted by atomic mass is 10.1. The van der Waals surface area contributed by atoms with Gasteiger partial charge in [-0.1, -0.05) is 31.5 Å². The van der Waals surface area contributed by atoms with Crippen LogP contribution in [-0.2, 0) is 19.6 Å². The fraction of sp³-hybridized carbons (Fsp3) is 0.429. The maximum atomic E-state index is 12.1. The molecule has 2 amide bonds. The lowest BCUT2D eigenvalue weighted by Gasteiger charge is -2.20. The highest BCUT2D eigenvalue weighted by molar-refractivity contribution is 7.90. The minimum atomic E-state index is -3.99. The van der Waals surface area contributed by atoms with Gasteiger partial charge in [0.2, 0.25) is 0 Å². The number of methoxy groups -OCH3 is 1. The number of sulfonamides is 1. The molecule has 0 aliphatic carbocycles. The SMILES string of the molecule is COC(=O)C(NC(=O)NS(=O)(=O)c1ccc(C)cc1)C(C)C. The third kappa shape index (κ3) is 4.73. The van der Waals surface area contributed by atoms with E-state index in [0.717, 1.165) is 5.56 Å². The molecule has 0 aliphatic heterocycles. The topological polar surface area (TPSA) is 102 Å². The lowest BCUT2D eigenvalue weighted by molar-refractivity contribution is -0.143. The summed E-state index contributed by atoms with van der Waals surface area (Å²) in [5, 5.41) is 2.30. The minimum absolute atomic E-state index is 0.0348. The van der Waals surface area contributed by atoms with Crippen molar-refractivity contribution < 1.29 is 22.7 Å². The zero-order valence-corrected chi connectivity index (χ0v) is 13.7. The second-order valence-electron chi connectivity index (χ2n) is 5.14. The molecule has 1 atom stereocenters. The van der Waals surface area contributed by atoms with Crippen LogP contribution in [0.15, 0.2) is 29.2 Å². The van der Waals surface area contributed by atoms with Gasteiger partial charge in [-0.05, 0) is 25.0 Å². The number of nitrogens with one attached hydrogen (secondary N) is 2. The number of hydrogen-bond acceptors (Lipinski definition) is 5. The van der Waals surface area contributed by atoms with E-state index in [-0.39, 0.29) is 10.8 Å². The van der Waals surface area contributed by atoms with E-state index in [1.54, 1.807) is 26.0 Å². The molecule has 0 bridgehead atoms. The van der Waals surface area contributed by atoms with Crippen molar-refractivity contribution in [3.63, 3.8) is 0 Å². The van der Waals surface area contributed by atoms with E-state index in [1.807, 2.05) is 11.6 Å². The van der Waals surface area contributed by atoms with Crippen molar-refractivity contribution in [2.24, 2.45) is 5.92 Å². The van der Waals surface area contributed by atoms with Crippen LogP contribution in [0.2, 0.25) is 0 Å². The Morgan fingerprint density at radius 1 is 1.14 bits per heavy atom. The van der Waals surface area contributed by atoms with Gasteiger partial charge in [0.25, 0.3) is 10.0 Å². The molecule has 0 saturated heterocycles. The van der Waals surface area contributed by atoms with Crippen LogP contribution >= 0.6 is 0 Å². The van der Waals surface area contributed by atoms with Crippen molar-refractivity contribution in [3.8, 4) is 0 Å². The first-order valence-corrected chi connectivity index (χ1v) is 8.13. The summed E-state index contributed by atoms with van der Waals surface area (Å²) in [4.78, 5) is 23.3. The van der Waals surface area contributed by atoms with Gasteiger partial charge in [-0.2, -0.15) is 0 Å². The smallest absolute Gasteiger partial charge is 0.329 e. The summed E-state index contributed by atoms with van der Waals surface area (Å²) < 4.78 is 30.6.